The maximum atomic E-state index is 11.2. The number of carbonyl (C=O) groups is 1. The van der Waals surface area contributed by atoms with E-state index in [1.54, 1.807) is 18.2 Å². The largest absolute Gasteiger partial charge is 0.484 e. The number of rotatable bonds is 4. The minimum absolute atomic E-state index is 0.128. The summed E-state index contributed by atoms with van der Waals surface area (Å²) < 4.78 is 11.6. The Bertz CT molecular complexity index is 600. The summed E-state index contributed by atoms with van der Waals surface area (Å²) in [5.74, 6) is 5.67. The lowest BCUT2D eigenvalue weighted by Gasteiger charge is -2.06. The number of ether oxygens (including phenoxy) is 1. The Labute approximate surface area is 122 Å². The highest BCUT2D eigenvalue weighted by molar-refractivity contribution is 9.10. The molecule has 0 spiro atoms. The number of nitrogen functional groups attached to an aromatic ring is 1. The molecule has 3 N–H and O–H groups in total. The zero-order chi connectivity index (χ0) is 13.8. The van der Waals surface area contributed by atoms with Crippen LogP contribution in [-0.2, 0) is 6.61 Å². The Kier molecular flexibility index (Phi) is 4.47. The summed E-state index contributed by atoms with van der Waals surface area (Å²) in [6.07, 6.45) is 0. The van der Waals surface area contributed by atoms with E-state index < -0.39 is 5.91 Å². The average molecular weight is 346 g/mol. The molecule has 1 aromatic heterocycles. The van der Waals surface area contributed by atoms with Crippen molar-refractivity contribution < 1.29 is 13.9 Å². The van der Waals surface area contributed by atoms with Crippen LogP contribution in [0.4, 0.5) is 0 Å². The van der Waals surface area contributed by atoms with E-state index in [1.165, 1.54) is 6.07 Å². The SMILES string of the molecule is NNC(=O)c1ccc(COc2ccc(Br)cc2Cl)o1. The molecular formula is C12H10BrClN2O3. The summed E-state index contributed by atoms with van der Waals surface area (Å²) in [7, 11) is 0. The first-order valence-electron chi connectivity index (χ1n) is 5.27. The zero-order valence-electron chi connectivity index (χ0n) is 9.65. The summed E-state index contributed by atoms with van der Waals surface area (Å²) >= 11 is 9.31. The van der Waals surface area contributed by atoms with Gasteiger partial charge in [-0.05, 0) is 30.3 Å². The van der Waals surface area contributed by atoms with Crippen molar-refractivity contribution in [2.24, 2.45) is 5.84 Å². The van der Waals surface area contributed by atoms with Gasteiger partial charge in [-0.15, -0.1) is 0 Å². The van der Waals surface area contributed by atoms with Gasteiger partial charge in [0.05, 0.1) is 5.02 Å². The van der Waals surface area contributed by atoms with Crippen molar-refractivity contribution in [1.29, 1.82) is 0 Å². The summed E-state index contributed by atoms with van der Waals surface area (Å²) in [6, 6.07) is 8.44. The number of benzene rings is 1. The van der Waals surface area contributed by atoms with Crippen LogP contribution in [0.3, 0.4) is 0 Å². The molecule has 2 aromatic rings. The molecule has 1 amide bonds. The normalized spacial score (nSPS) is 10.3. The predicted molar refractivity (Wildman–Crippen MR) is 73.8 cm³/mol. The van der Waals surface area contributed by atoms with Gasteiger partial charge in [0.2, 0.25) is 0 Å². The number of hydrogen-bond donors (Lipinski definition) is 2. The molecule has 1 aromatic carbocycles. The molecule has 0 saturated heterocycles. The maximum Gasteiger partial charge on any atom is 0.300 e. The van der Waals surface area contributed by atoms with Crippen molar-refractivity contribution in [3.8, 4) is 5.75 Å². The highest BCUT2D eigenvalue weighted by Crippen LogP contribution is 2.28. The summed E-state index contributed by atoms with van der Waals surface area (Å²) in [4.78, 5) is 11.2. The smallest absolute Gasteiger partial charge is 0.300 e. The van der Waals surface area contributed by atoms with Crippen LogP contribution in [0, 0.1) is 0 Å². The van der Waals surface area contributed by atoms with Crippen molar-refractivity contribution in [1.82, 2.24) is 5.43 Å². The molecule has 1 heterocycles. The molecule has 0 aliphatic rings. The van der Waals surface area contributed by atoms with Crippen LogP contribution >= 0.6 is 27.5 Å². The first-order chi connectivity index (χ1) is 9.10. The molecule has 7 heteroatoms. The Morgan fingerprint density at radius 2 is 2.21 bits per heavy atom. The van der Waals surface area contributed by atoms with E-state index >= 15 is 0 Å². The topological polar surface area (TPSA) is 77.5 Å². The fourth-order valence-electron chi connectivity index (χ4n) is 1.39. The van der Waals surface area contributed by atoms with E-state index in [0.29, 0.717) is 16.5 Å². The van der Waals surface area contributed by atoms with Crippen LogP contribution in [0.25, 0.3) is 0 Å². The number of nitrogens with one attached hydrogen (secondary N) is 1. The first-order valence-corrected chi connectivity index (χ1v) is 6.45. The molecule has 0 radical (unpaired) electrons. The molecular weight excluding hydrogens is 336 g/mol. The maximum absolute atomic E-state index is 11.2. The van der Waals surface area contributed by atoms with E-state index in [0.717, 1.165) is 4.47 Å². The molecule has 2 rings (SSSR count). The van der Waals surface area contributed by atoms with Crippen molar-refractivity contribution in [3.63, 3.8) is 0 Å². The Morgan fingerprint density at radius 1 is 1.42 bits per heavy atom. The predicted octanol–water partition coefficient (Wildman–Crippen LogP) is 2.88. The van der Waals surface area contributed by atoms with Crippen LogP contribution in [0.15, 0.2) is 39.2 Å². The minimum Gasteiger partial charge on any atom is -0.484 e. The number of halogens is 2. The van der Waals surface area contributed by atoms with Crippen LogP contribution < -0.4 is 16.0 Å². The fraction of sp³-hybridized carbons (Fsp3) is 0.0833. The lowest BCUT2D eigenvalue weighted by atomic mass is 10.3. The van der Waals surface area contributed by atoms with E-state index in [1.807, 2.05) is 11.5 Å². The third kappa shape index (κ3) is 3.50. The summed E-state index contributed by atoms with van der Waals surface area (Å²) in [5.41, 5.74) is 1.98. The van der Waals surface area contributed by atoms with Gasteiger partial charge in [0.25, 0.3) is 0 Å². The molecule has 0 aliphatic heterocycles. The number of nitrogens with two attached hydrogens (primary N) is 1. The van der Waals surface area contributed by atoms with Gasteiger partial charge >= 0.3 is 5.91 Å². The molecule has 5 nitrogen and oxygen atoms in total. The van der Waals surface area contributed by atoms with E-state index in [9.17, 15) is 4.79 Å². The molecule has 0 bridgehead atoms. The Balaban J connectivity index is 2.02. The summed E-state index contributed by atoms with van der Waals surface area (Å²) in [5, 5.41) is 0.487. The minimum atomic E-state index is -0.493. The third-order valence-corrected chi connectivity index (χ3v) is 3.07. The fourth-order valence-corrected chi connectivity index (χ4v) is 2.12. The number of carbonyl (C=O) groups excluding carboxylic acids is 1. The van der Waals surface area contributed by atoms with Gasteiger partial charge in [-0.25, -0.2) is 5.84 Å². The van der Waals surface area contributed by atoms with Gasteiger partial charge in [-0.1, -0.05) is 27.5 Å². The van der Waals surface area contributed by atoms with E-state index in [-0.39, 0.29) is 12.4 Å². The van der Waals surface area contributed by atoms with Crippen molar-refractivity contribution in [3.05, 3.63) is 51.3 Å². The zero-order valence-corrected chi connectivity index (χ0v) is 12.0. The van der Waals surface area contributed by atoms with Crippen molar-refractivity contribution in [2.75, 3.05) is 0 Å². The lowest BCUT2D eigenvalue weighted by molar-refractivity contribution is 0.0922. The number of hydrazine groups is 1. The molecule has 0 unspecified atom stereocenters. The second-order valence-electron chi connectivity index (χ2n) is 3.60. The van der Waals surface area contributed by atoms with Crippen molar-refractivity contribution >= 4 is 33.4 Å². The molecule has 0 atom stereocenters. The monoisotopic (exact) mass is 344 g/mol. The number of amides is 1. The van der Waals surface area contributed by atoms with E-state index in [2.05, 4.69) is 15.9 Å². The average Bonchev–Trinajstić information content (AvgIpc) is 2.85. The summed E-state index contributed by atoms with van der Waals surface area (Å²) in [6.45, 7) is 0.166. The van der Waals surface area contributed by atoms with Gasteiger partial charge in [-0.3, -0.25) is 10.2 Å². The molecule has 0 fully saturated rings. The van der Waals surface area contributed by atoms with Gasteiger partial charge in [-0.2, -0.15) is 0 Å². The third-order valence-electron chi connectivity index (χ3n) is 2.28. The molecule has 19 heavy (non-hydrogen) atoms. The first kappa shape index (κ1) is 13.9. The molecule has 0 saturated carbocycles. The second kappa shape index (κ2) is 6.10. The highest BCUT2D eigenvalue weighted by atomic mass is 79.9. The second-order valence-corrected chi connectivity index (χ2v) is 4.93. The van der Waals surface area contributed by atoms with E-state index in [4.69, 9.17) is 26.6 Å². The number of furan rings is 1. The van der Waals surface area contributed by atoms with Crippen LogP contribution in [0.2, 0.25) is 5.02 Å². The van der Waals surface area contributed by atoms with Crippen LogP contribution in [0.1, 0.15) is 16.3 Å². The van der Waals surface area contributed by atoms with Crippen LogP contribution in [-0.4, -0.2) is 5.91 Å². The number of hydrogen-bond acceptors (Lipinski definition) is 4. The van der Waals surface area contributed by atoms with Crippen LogP contribution in [0.5, 0.6) is 5.75 Å². The molecule has 0 aliphatic carbocycles. The Hall–Kier alpha value is -1.50. The van der Waals surface area contributed by atoms with Gasteiger partial charge in [0, 0.05) is 4.47 Å². The van der Waals surface area contributed by atoms with Gasteiger partial charge in [0.1, 0.15) is 18.1 Å². The van der Waals surface area contributed by atoms with Gasteiger partial charge < -0.3 is 9.15 Å². The highest BCUT2D eigenvalue weighted by Gasteiger charge is 2.10. The quantitative estimate of drug-likeness (QED) is 0.507. The molecule has 100 valence electrons. The Morgan fingerprint density at radius 3 is 2.89 bits per heavy atom. The van der Waals surface area contributed by atoms with Gasteiger partial charge in [0.15, 0.2) is 5.76 Å². The lowest BCUT2D eigenvalue weighted by Crippen LogP contribution is -2.29. The van der Waals surface area contributed by atoms with Crippen molar-refractivity contribution in [2.45, 2.75) is 6.61 Å². The standard InChI is InChI=1S/C12H10BrClN2O3/c13-7-1-3-10(9(14)5-7)18-6-8-2-4-11(19-8)12(17)16-15/h1-5H,6,15H2,(H,16,17).